The van der Waals surface area contributed by atoms with Gasteiger partial charge in [-0.2, -0.15) is 0 Å². The average Bonchev–Trinajstić information content (AvgIpc) is 3.30. The lowest BCUT2D eigenvalue weighted by Crippen LogP contribution is -2.63. The van der Waals surface area contributed by atoms with Crippen LogP contribution in [-0.2, 0) is 14.3 Å². The van der Waals surface area contributed by atoms with Crippen molar-refractivity contribution in [2.24, 2.45) is 47.3 Å². The molecule has 7 fully saturated rings. The van der Waals surface area contributed by atoms with E-state index in [0.717, 1.165) is 58.1 Å². The number of carbonyl (C=O) groups is 2. The van der Waals surface area contributed by atoms with Crippen molar-refractivity contribution in [2.45, 2.75) is 39.0 Å². The van der Waals surface area contributed by atoms with E-state index in [-0.39, 0.29) is 0 Å². The number of hydrogen-bond donors (Lipinski definition) is 0. The van der Waals surface area contributed by atoms with Crippen LogP contribution in [0.4, 0.5) is 0 Å². The predicted molar refractivity (Wildman–Crippen MR) is 106 cm³/mol. The number of cyclic esters (lactones) is 2. The maximum absolute atomic E-state index is 12.1. The van der Waals surface area contributed by atoms with Gasteiger partial charge in [0.1, 0.15) is 0 Å². The highest BCUT2D eigenvalue weighted by Gasteiger charge is 2.65. The molecule has 8 bridgehead atoms. The van der Waals surface area contributed by atoms with Crippen molar-refractivity contribution >= 4 is 34.4 Å². The third kappa shape index (κ3) is 1.86. The zero-order valence-electron chi connectivity index (χ0n) is 16.0. The quantitative estimate of drug-likeness (QED) is 0.545. The second kappa shape index (κ2) is 5.27. The normalized spacial score (nSPS) is 47.7. The Balaban J connectivity index is 1.46. The van der Waals surface area contributed by atoms with Gasteiger partial charge >= 0.3 is 11.9 Å². The largest absolute Gasteiger partial charge is 0.386 e. The summed E-state index contributed by atoms with van der Waals surface area (Å²) < 4.78 is 6.16. The zero-order chi connectivity index (χ0) is 18.7. The molecule has 144 valence electrons. The molecule has 2 heterocycles. The fraction of sp³-hybridized carbons (Fsp3) is 0.583. The van der Waals surface area contributed by atoms with Crippen molar-refractivity contribution in [3.63, 3.8) is 0 Å². The Morgan fingerprint density at radius 3 is 2.36 bits per heavy atom. The van der Waals surface area contributed by atoms with Crippen LogP contribution >= 0.6 is 11.3 Å². The predicted octanol–water partition coefficient (Wildman–Crippen LogP) is 3.03. The zero-order valence-corrected chi connectivity index (χ0v) is 16.8. The standard InChI is InChI=1S/C24H24O3S/c1-10(14-9-20(25)27-24(14)26)13-2-3-28-23(13)21-12-7-16-15-4-11-5-18(16)22(21)19(6-11)17(15)8-12/h2-3,9,11-12,15-19,22H,4-8H2,1H3/b13-10-,23-21-/t11-,12-,15-,16-,17-,18+,19?,22+/m0/s1. The van der Waals surface area contributed by atoms with E-state index in [4.69, 9.17) is 4.74 Å². The molecule has 9 rings (SSSR count). The van der Waals surface area contributed by atoms with E-state index in [0.29, 0.717) is 5.57 Å². The summed E-state index contributed by atoms with van der Waals surface area (Å²) in [6, 6.07) is 2.15. The average molecular weight is 393 g/mol. The van der Waals surface area contributed by atoms with Gasteiger partial charge in [-0.25, -0.2) is 9.59 Å². The van der Waals surface area contributed by atoms with E-state index >= 15 is 0 Å². The van der Waals surface area contributed by atoms with E-state index in [1.807, 2.05) is 18.3 Å². The summed E-state index contributed by atoms with van der Waals surface area (Å²) in [5.74, 6) is 6.35. The number of rotatable bonds is 1. The van der Waals surface area contributed by atoms with Gasteiger partial charge in [0, 0.05) is 10.6 Å². The first-order valence-corrected chi connectivity index (χ1v) is 11.7. The lowest BCUT2D eigenvalue weighted by atomic mass is 9.35. The van der Waals surface area contributed by atoms with E-state index in [9.17, 15) is 9.59 Å². The van der Waals surface area contributed by atoms with Crippen molar-refractivity contribution in [1.29, 1.82) is 0 Å². The molecule has 0 amide bonds. The van der Waals surface area contributed by atoms with Crippen LogP contribution in [0.25, 0.3) is 11.1 Å². The minimum atomic E-state index is -0.535. The summed E-state index contributed by atoms with van der Waals surface area (Å²) in [5, 5.41) is 3.33. The fourth-order valence-corrected chi connectivity index (χ4v) is 9.73. The van der Waals surface area contributed by atoms with Gasteiger partial charge in [0.05, 0.1) is 5.57 Å². The SMILES string of the molecule is C/C(C1=CC(=O)OC1=O)=c1\ccs\c1=C1\[C@H]2C[C@@H]3[C@H]4C[C@H]5CC([C@@H](C2)[C@H]3C5)[C@H]14. The number of ether oxygens (including phenoxy) is 1. The summed E-state index contributed by atoms with van der Waals surface area (Å²) >= 11 is 1.85. The molecule has 0 N–H and O–H groups in total. The van der Waals surface area contributed by atoms with Crippen molar-refractivity contribution < 1.29 is 14.3 Å². The Labute approximate surface area is 168 Å². The molecule has 7 aliphatic carbocycles. The summed E-state index contributed by atoms with van der Waals surface area (Å²) in [7, 11) is 0. The van der Waals surface area contributed by atoms with Crippen LogP contribution in [0.2, 0.25) is 0 Å². The van der Waals surface area contributed by atoms with Gasteiger partial charge in [0.25, 0.3) is 0 Å². The van der Waals surface area contributed by atoms with Crippen LogP contribution in [-0.4, -0.2) is 11.9 Å². The summed E-state index contributed by atoms with van der Waals surface area (Å²) in [6.07, 6.45) is 8.61. The summed E-state index contributed by atoms with van der Waals surface area (Å²) in [6.45, 7) is 1.98. The van der Waals surface area contributed by atoms with Gasteiger partial charge in [-0.15, -0.1) is 11.3 Å². The van der Waals surface area contributed by atoms with Crippen LogP contribution < -0.4 is 9.75 Å². The van der Waals surface area contributed by atoms with E-state index in [2.05, 4.69) is 11.4 Å². The number of hydrogen-bond acceptors (Lipinski definition) is 4. The molecule has 8 aliphatic rings. The number of esters is 2. The number of thiophene rings is 1. The molecule has 1 aromatic rings. The van der Waals surface area contributed by atoms with Crippen LogP contribution in [0.5, 0.6) is 0 Å². The Hall–Kier alpha value is -1.68. The van der Waals surface area contributed by atoms with Crippen molar-refractivity contribution in [1.82, 2.24) is 0 Å². The van der Waals surface area contributed by atoms with Crippen LogP contribution in [0.1, 0.15) is 39.0 Å². The van der Waals surface area contributed by atoms with Crippen LogP contribution in [0, 0.1) is 47.3 Å². The second-order valence-corrected chi connectivity index (χ2v) is 11.0. The fourth-order valence-electron chi connectivity index (χ4n) is 8.60. The highest BCUT2D eigenvalue weighted by Crippen LogP contribution is 2.72. The van der Waals surface area contributed by atoms with Crippen molar-refractivity contribution in [2.75, 3.05) is 0 Å². The van der Waals surface area contributed by atoms with E-state index in [1.165, 1.54) is 42.7 Å². The van der Waals surface area contributed by atoms with Gasteiger partial charge in [-0.05, 0) is 114 Å². The highest BCUT2D eigenvalue weighted by atomic mass is 32.1. The van der Waals surface area contributed by atoms with Gasteiger partial charge in [0.15, 0.2) is 0 Å². The van der Waals surface area contributed by atoms with E-state index in [1.54, 1.807) is 5.57 Å². The lowest BCUT2D eigenvalue weighted by molar-refractivity contribution is -0.163. The molecule has 28 heavy (non-hydrogen) atoms. The van der Waals surface area contributed by atoms with Crippen LogP contribution in [0.15, 0.2) is 23.1 Å². The first-order valence-electron chi connectivity index (χ1n) is 10.9. The lowest BCUT2D eigenvalue weighted by Gasteiger charge is -2.70. The van der Waals surface area contributed by atoms with Crippen LogP contribution in [0.3, 0.4) is 0 Å². The maximum atomic E-state index is 12.1. The highest BCUT2D eigenvalue weighted by molar-refractivity contribution is 7.07. The monoisotopic (exact) mass is 392 g/mol. The molecular weight excluding hydrogens is 368 g/mol. The molecule has 3 nitrogen and oxygen atoms in total. The second-order valence-electron chi connectivity index (χ2n) is 10.1. The molecule has 8 atom stereocenters. The smallest absolute Gasteiger partial charge is 0.346 e. The van der Waals surface area contributed by atoms with Crippen molar-refractivity contribution in [3.05, 3.63) is 32.8 Å². The molecule has 1 aliphatic heterocycles. The van der Waals surface area contributed by atoms with Gasteiger partial charge < -0.3 is 4.74 Å². The molecule has 0 aromatic carbocycles. The molecule has 0 radical (unpaired) electrons. The van der Waals surface area contributed by atoms with Gasteiger partial charge in [-0.3, -0.25) is 0 Å². The Morgan fingerprint density at radius 1 is 1.00 bits per heavy atom. The van der Waals surface area contributed by atoms with Gasteiger partial charge in [0.2, 0.25) is 0 Å². The third-order valence-electron chi connectivity index (χ3n) is 9.26. The topological polar surface area (TPSA) is 43.4 Å². The summed E-state index contributed by atoms with van der Waals surface area (Å²) in [4.78, 5) is 23.7. The molecular formula is C24H24O3S. The first-order chi connectivity index (χ1) is 13.6. The third-order valence-corrected chi connectivity index (χ3v) is 10.2. The Kier molecular flexibility index (Phi) is 3.04. The first kappa shape index (κ1) is 16.2. The number of carbonyl (C=O) groups excluding carboxylic acids is 2. The Bertz CT molecular complexity index is 1070. The maximum Gasteiger partial charge on any atom is 0.346 e. The molecule has 1 unspecified atom stereocenters. The van der Waals surface area contributed by atoms with Crippen molar-refractivity contribution in [3.8, 4) is 0 Å². The summed E-state index contributed by atoms with van der Waals surface area (Å²) in [5.41, 5.74) is 3.07. The molecule has 4 heteroatoms. The molecule has 1 aromatic heterocycles. The minimum absolute atomic E-state index is 0.440. The Morgan fingerprint density at radius 2 is 1.68 bits per heavy atom. The van der Waals surface area contributed by atoms with Gasteiger partial charge in [-0.1, -0.05) is 0 Å². The molecule has 0 spiro atoms. The molecule has 0 saturated heterocycles. The molecule has 7 saturated carbocycles. The van der Waals surface area contributed by atoms with E-state index < -0.39 is 11.9 Å². The minimum Gasteiger partial charge on any atom is -0.386 e.